The molecule has 0 saturated heterocycles. The van der Waals surface area contributed by atoms with Crippen molar-refractivity contribution in [3.63, 3.8) is 0 Å². The summed E-state index contributed by atoms with van der Waals surface area (Å²) in [6.45, 7) is 0.371. The second kappa shape index (κ2) is 5.35. The molecule has 0 spiro atoms. The standard InChI is InChI=1S/C15H12N2O2S/c16-8-11-5-6-20-15(11)17-14(18)12-7-10-3-1-2-4-13(10)19-9-12/h1-6,12H,7,9H2,(H,17,18). The molecule has 0 saturated carbocycles. The maximum absolute atomic E-state index is 12.2. The van der Waals surface area contributed by atoms with E-state index in [0.29, 0.717) is 23.6 Å². The highest BCUT2D eigenvalue weighted by atomic mass is 32.1. The molecule has 4 nitrogen and oxygen atoms in total. The van der Waals surface area contributed by atoms with Crippen molar-refractivity contribution < 1.29 is 9.53 Å². The van der Waals surface area contributed by atoms with E-state index in [1.165, 1.54) is 11.3 Å². The molecular formula is C15H12N2O2S. The number of hydrogen-bond acceptors (Lipinski definition) is 4. The average Bonchev–Trinajstić information content (AvgIpc) is 2.94. The number of nitrogens with zero attached hydrogens (tertiary/aromatic N) is 1. The minimum Gasteiger partial charge on any atom is -0.492 e. The van der Waals surface area contributed by atoms with Crippen LogP contribution in [0, 0.1) is 17.2 Å². The first-order valence-corrected chi connectivity index (χ1v) is 7.15. The topological polar surface area (TPSA) is 62.1 Å². The molecule has 1 atom stereocenters. The summed E-state index contributed by atoms with van der Waals surface area (Å²) in [5.41, 5.74) is 1.55. The van der Waals surface area contributed by atoms with Crippen molar-refractivity contribution in [2.24, 2.45) is 5.92 Å². The molecule has 3 rings (SSSR count). The maximum Gasteiger partial charge on any atom is 0.231 e. The first-order chi connectivity index (χ1) is 9.78. The molecule has 1 N–H and O–H groups in total. The van der Waals surface area contributed by atoms with Gasteiger partial charge in [-0.3, -0.25) is 4.79 Å². The van der Waals surface area contributed by atoms with Crippen LogP contribution >= 0.6 is 11.3 Å². The monoisotopic (exact) mass is 284 g/mol. The predicted molar refractivity (Wildman–Crippen MR) is 76.8 cm³/mol. The highest BCUT2D eigenvalue weighted by Crippen LogP contribution is 2.28. The summed E-state index contributed by atoms with van der Waals surface area (Å²) in [4.78, 5) is 12.2. The minimum absolute atomic E-state index is 0.0987. The lowest BCUT2D eigenvalue weighted by atomic mass is 9.96. The van der Waals surface area contributed by atoms with Gasteiger partial charge in [0.05, 0.1) is 11.5 Å². The zero-order valence-corrected chi connectivity index (χ0v) is 11.4. The first-order valence-electron chi connectivity index (χ1n) is 6.27. The van der Waals surface area contributed by atoms with E-state index in [4.69, 9.17) is 10.00 Å². The molecule has 5 heteroatoms. The summed E-state index contributed by atoms with van der Waals surface area (Å²) in [5, 5.41) is 14.2. The Kier molecular flexibility index (Phi) is 3.40. The van der Waals surface area contributed by atoms with Gasteiger partial charge in [0, 0.05) is 0 Å². The van der Waals surface area contributed by atoms with Crippen molar-refractivity contribution in [2.45, 2.75) is 6.42 Å². The van der Waals surface area contributed by atoms with Gasteiger partial charge in [-0.2, -0.15) is 5.26 Å². The number of ether oxygens (including phenoxy) is 1. The normalized spacial score (nSPS) is 16.6. The Morgan fingerprint density at radius 1 is 1.40 bits per heavy atom. The van der Waals surface area contributed by atoms with Crippen molar-refractivity contribution in [3.05, 3.63) is 46.8 Å². The largest absolute Gasteiger partial charge is 0.492 e. The summed E-state index contributed by atoms with van der Waals surface area (Å²) in [7, 11) is 0. The lowest BCUT2D eigenvalue weighted by molar-refractivity contribution is -0.121. The van der Waals surface area contributed by atoms with Crippen molar-refractivity contribution in [1.29, 1.82) is 5.26 Å². The zero-order chi connectivity index (χ0) is 13.9. The second-order valence-corrected chi connectivity index (χ2v) is 5.50. The smallest absolute Gasteiger partial charge is 0.231 e. The lowest BCUT2D eigenvalue weighted by Crippen LogP contribution is -2.32. The number of carbonyl (C=O) groups is 1. The molecule has 2 heterocycles. The van der Waals surface area contributed by atoms with Crippen molar-refractivity contribution in [1.82, 2.24) is 0 Å². The van der Waals surface area contributed by atoms with Crippen molar-refractivity contribution in [2.75, 3.05) is 11.9 Å². The second-order valence-electron chi connectivity index (χ2n) is 4.58. The van der Waals surface area contributed by atoms with Gasteiger partial charge < -0.3 is 10.1 Å². The molecule has 0 radical (unpaired) electrons. The van der Waals surface area contributed by atoms with Crippen molar-refractivity contribution >= 4 is 22.2 Å². The Labute approximate surface area is 120 Å². The van der Waals surface area contributed by atoms with Crippen LogP contribution in [0.5, 0.6) is 5.75 Å². The SMILES string of the molecule is N#Cc1ccsc1NC(=O)C1COc2ccccc2C1. The number of rotatable bonds is 2. The van der Waals surface area contributed by atoms with Gasteiger partial charge in [0.25, 0.3) is 0 Å². The van der Waals surface area contributed by atoms with Gasteiger partial charge in [-0.25, -0.2) is 0 Å². The third kappa shape index (κ3) is 2.38. The van der Waals surface area contributed by atoms with E-state index in [-0.39, 0.29) is 11.8 Å². The summed E-state index contributed by atoms with van der Waals surface area (Å²) >= 11 is 1.36. The molecule has 1 aromatic carbocycles. The molecule has 1 unspecified atom stereocenters. The highest BCUT2D eigenvalue weighted by Gasteiger charge is 2.26. The Balaban J connectivity index is 1.72. The van der Waals surface area contributed by atoms with E-state index in [1.54, 1.807) is 11.4 Å². The third-order valence-corrected chi connectivity index (χ3v) is 4.10. The van der Waals surface area contributed by atoms with Gasteiger partial charge in [-0.05, 0) is 29.5 Å². The highest BCUT2D eigenvalue weighted by molar-refractivity contribution is 7.14. The number of nitrogens with one attached hydrogen (secondary N) is 1. The van der Waals surface area contributed by atoms with Gasteiger partial charge in [-0.1, -0.05) is 18.2 Å². The molecule has 100 valence electrons. The fraction of sp³-hybridized carbons (Fsp3) is 0.200. The van der Waals surface area contributed by atoms with Gasteiger partial charge in [-0.15, -0.1) is 11.3 Å². The molecule has 1 aliphatic rings. The summed E-state index contributed by atoms with van der Waals surface area (Å²) in [5.74, 6) is 0.530. The van der Waals surface area contributed by atoms with E-state index < -0.39 is 0 Å². The van der Waals surface area contributed by atoms with Crippen molar-refractivity contribution in [3.8, 4) is 11.8 Å². The van der Waals surface area contributed by atoms with Gasteiger partial charge in [0.2, 0.25) is 5.91 Å². The van der Waals surface area contributed by atoms with Crippen LogP contribution in [0.4, 0.5) is 5.00 Å². The van der Waals surface area contributed by atoms with Gasteiger partial charge in [0.15, 0.2) is 0 Å². The van der Waals surface area contributed by atoms with Crippen LogP contribution in [0.3, 0.4) is 0 Å². The number of hydrogen-bond donors (Lipinski definition) is 1. The molecule has 2 aromatic rings. The minimum atomic E-state index is -0.224. The van der Waals surface area contributed by atoms with E-state index >= 15 is 0 Å². The fourth-order valence-electron chi connectivity index (χ4n) is 2.20. The number of nitriles is 1. The van der Waals surface area contributed by atoms with E-state index in [2.05, 4.69) is 11.4 Å². The number of thiophene rings is 1. The molecule has 1 amide bonds. The summed E-state index contributed by atoms with van der Waals surface area (Å²) in [6.07, 6.45) is 0.662. The van der Waals surface area contributed by atoms with Gasteiger partial charge in [0.1, 0.15) is 23.4 Å². The molecule has 20 heavy (non-hydrogen) atoms. The van der Waals surface area contributed by atoms with Crippen LogP contribution in [0.15, 0.2) is 35.7 Å². The summed E-state index contributed by atoms with van der Waals surface area (Å²) in [6, 6.07) is 11.5. The molecular weight excluding hydrogens is 272 g/mol. The number of para-hydroxylation sites is 1. The van der Waals surface area contributed by atoms with E-state index in [1.807, 2.05) is 24.3 Å². The number of amides is 1. The molecule has 0 bridgehead atoms. The van der Waals surface area contributed by atoms with E-state index in [9.17, 15) is 4.79 Å². The van der Waals surface area contributed by atoms with Crippen LogP contribution in [0.2, 0.25) is 0 Å². The third-order valence-electron chi connectivity index (χ3n) is 3.27. The summed E-state index contributed by atoms with van der Waals surface area (Å²) < 4.78 is 5.61. The zero-order valence-electron chi connectivity index (χ0n) is 10.6. The Hall–Kier alpha value is -2.32. The number of fused-ring (bicyclic) bond motifs is 1. The molecule has 0 aliphatic carbocycles. The van der Waals surface area contributed by atoms with E-state index in [0.717, 1.165) is 11.3 Å². The fourth-order valence-corrected chi connectivity index (χ4v) is 2.94. The number of anilines is 1. The molecule has 1 aromatic heterocycles. The predicted octanol–water partition coefficient (Wildman–Crippen LogP) is 2.81. The van der Waals surface area contributed by atoms with Gasteiger partial charge >= 0.3 is 0 Å². The number of carbonyl (C=O) groups excluding carboxylic acids is 1. The number of benzene rings is 1. The first kappa shape index (κ1) is 12.7. The van der Waals surface area contributed by atoms with Crippen LogP contribution in [0.25, 0.3) is 0 Å². The van der Waals surface area contributed by atoms with Crippen LogP contribution in [0.1, 0.15) is 11.1 Å². The van der Waals surface area contributed by atoms with Crippen LogP contribution in [-0.2, 0) is 11.2 Å². The maximum atomic E-state index is 12.2. The lowest BCUT2D eigenvalue weighted by Gasteiger charge is -2.24. The molecule has 1 aliphatic heterocycles. The molecule has 0 fully saturated rings. The Bertz CT molecular complexity index is 687. The van der Waals surface area contributed by atoms with Crippen LogP contribution < -0.4 is 10.1 Å². The quantitative estimate of drug-likeness (QED) is 0.922. The van der Waals surface area contributed by atoms with Crippen LogP contribution in [-0.4, -0.2) is 12.5 Å². The Morgan fingerprint density at radius 2 is 2.25 bits per heavy atom. The average molecular weight is 284 g/mol. The Morgan fingerprint density at radius 3 is 3.10 bits per heavy atom.